The first-order valence-electron chi connectivity index (χ1n) is 11.8. The molecule has 0 bridgehead atoms. The van der Waals surface area contributed by atoms with Gasteiger partial charge in [-0.1, -0.05) is 35.3 Å². The first kappa shape index (κ1) is 31.8. The molecule has 2 aliphatic rings. The Morgan fingerprint density at radius 3 is 2.10 bits per heavy atom. The van der Waals surface area contributed by atoms with Crippen molar-refractivity contribution in [3.8, 4) is 10.4 Å². The average Bonchev–Trinajstić information content (AvgIpc) is 3.28. The highest BCUT2D eigenvalue weighted by molar-refractivity contribution is 7.92. The molecule has 0 radical (unpaired) electrons. The van der Waals surface area contributed by atoms with Gasteiger partial charge in [-0.05, 0) is 25.3 Å². The third-order valence-electron chi connectivity index (χ3n) is 6.98. The van der Waals surface area contributed by atoms with E-state index in [0.717, 1.165) is 6.07 Å². The van der Waals surface area contributed by atoms with Gasteiger partial charge in [-0.2, -0.15) is 26.3 Å². The van der Waals surface area contributed by atoms with Crippen molar-refractivity contribution >= 4 is 56.2 Å². The summed E-state index contributed by atoms with van der Waals surface area (Å²) < 4.78 is 119. The molecule has 0 spiro atoms. The van der Waals surface area contributed by atoms with E-state index in [2.05, 4.69) is 10.3 Å². The molecule has 1 N–H and O–H groups in total. The number of hydrogen-bond acceptors (Lipinski definition) is 6. The molecule has 0 saturated carbocycles. The number of aromatic nitrogens is 1. The van der Waals surface area contributed by atoms with Crippen molar-refractivity contribution in [3.05, 3.63) is 38.4 Å². The number of carbonyl (C=O) groups is 2. The van der Waals surface area contributed by atoms with E-state index in [1.165, 1.54) is 4.90 Å². The number of halogens is 9. The number of thiazole rings is 1. The third-order valence-corrected chi connectivity index (χ3v) is 10.8. The highest BCUT2D eigenvalue weighted by atomic mass is 35.5. The highest BCUT2D eigenvalue weighted by Crippen LogP contribution is 2.55. The van der Waals surface area contributed by atoms with Gasteiger partial charge in [0.15, 0.2) is 20.3 Å². The summed E-state index contributed by atoms with van der Waals surface area (Å²) in [6.45, 7) is -0.105. The molecule has 2 saturated heterocycles. The van der Waals surface area contributed by atoms with Crippen molar-refractivity contribution in [2.24, 2.45) is 0 Å². The summed E-state index contributed by atoms with van der Waals surface area (Å²) in [4.78, 5) is 31.3. The molecule has 1 aromatic heterocycles. The second-order valence-electron chi connectivity index (χ2n) is 9.82. The molecule has 4 rings (SSSR count). The Balaban J connectivity index is 1.80. The quantitative estimate of drug-likeness (QED) is 0.418. The molecule has 2 amide bonds. The molecule has 0 unspecified atom stereocenters. The summed E-state index contributed by atoms with van der Waals surface area (Å²) in [6, 6.07) is 0.589. The lowest BCUT2D eigenvalue weighted by molar-refractivity contribution is -0.297. The Labute approximate surface area is 242 Å². The second-order valence-corrected chi connectivity index (χ2v) is 13.7. The van der Waals surface area contributed by atoms with Crippen LogP contribution in [-0.4, -0.2) is 79.3 Å². The average molecular weight is 670 g/mol. The lowest BCUT2D eigenvalue weighted by Crippen LogP contribution is -2.52. The maximum absolute atomic E-state index is 13.7. The number of piperidine rings is 1. The van der Waals surface area contributed by atoms with Gasteiger partial charge in [-0.25, -0.2) is 17.8 Å². The summed E-state index contributed by atoms with van der Waals surface area (Å²) in [5, 5.41) is 0.270. The Kier molecular flexibility index (Phi) is 8.39. The largest absolute Gasteiger partial charge is 0.406 e. The van der Waals surface area contributed by atoms with Crippen LogP contribution in [0.2, 0.25) is 10.0 Å². The van der Waals surface area contributed by atoms with Gasteiger partial charge in [-0.15, -0.1) is 11.3 Å². The number of rotatable bonds is 5. The van der Waals surface area contributed by atoms with Gasteiger partial charge in [-0.3, -0.25) is 9.59 Å². The number of alkyl halides is 7. The van der Waals surface area contributed by atoms with Crippen LogP contribution in [0.25, 0.3) is 10.4 Å². The standard InChI is InChI=1S/C23H20Cl2F7N3O4S2/c1-21(22(27,28)29,23(30,31)32)13-3-2-12(14(24)15(13)25)17-16(20(37)35-6-4-10(26)5-7-35)34-19(40-17)18(36)33-11-8-41(38,39)9-11/h2-3,10-11H,4-9H2,1H3,(H,33,36). The smallest absolute Gasteiger partial charge is 0.345 e. The van der Waals surface area contributed by atoms with Gasteiger partial charge >= 0.3 is 12.4 Å². The van der Waals surface area contributed by atoms with Crippen molar-refractivity contribution in [1.82, 2.24) is 15.2 Å². The first-order valence-corrected chi connectivity index (χ1v) is 15.2. The summed E-state index contributed by atoms with van der Waals surface area (Å²) in [5.41, 5.74) is -6.44. The number of amides is 2. The van der Waals surface area contributed by atoms with Crippen molar-refractivity contribution in [3.63, 3.8) is 0 Å². The molecule has 18 heteroatoms. The molecule has 0 aliphatic carbocycles. The Hall–Kier alpha value is -2.17. The van der Waals surface area contributed by atoms with E-state index in [4.69, 9.17) is 23.2 Å². The highest BCUT2D eigenvalue weighted by Gasteiger charge is 2.69. The van der Waals surface area contributed by atoms with Gasteiger partial charge in [0.1, 0.15) is 11.9 Å². The number of likely N-dealkylation sites (tertiary alicyclic amines) is 1. The van der Waals surface area contributed by atoms with E-state index in [-0.39, 0.29) is 59.8 Å². The number of sulfone groups is 1. The van der Waals surface area contributed by atoms with E-state index < -0.39 is 72.9 Å². The van der Waals surface area contributed by atoms with E-state index in [9.17, 15) is 48.7 Å². The predicted octanol–water partition coefficient (Wildman–Crippen LogP) is 5.60. The van der Waals surface area contributed by atoms with Gasteiger partial charge in [0.2, 0.25) is 0 Å². The van der Waals surface area contributed by atoms with Crippen molar-refractivity contribution in [2.75, 3.05) is 24.6 Å². The van der Waals surface area contributed by atoms with Gasteiger partial charge < -0.3 is 10.2 Å². The molecule has 226 valence electrons. The summed E-state index contributed by atoms with van der Waals surface area (Å²) >= 11 is 12.8. The molecule has 2 aliphatic heterocycles. The van der Waals surface area contributed by atoms with Gasteiger partial charge in [0.25, 0.3) is 11.8 Å². The number of nitrogens with zero attached hydrogens (tertiary/aromatic N) is 2. The molecule has 3 heterocycles. The molecular weight excluding hydrogens is 650 g/mol. The molecule has 2 aromatic rings. The number of nitrogens with one attached hydrogen (secondary N) is 1. The van der Waals surface area contributed by atoms with Gasteiger partial charge in [0.05, 0.1) is 32.5 Å². The van der Waals surface area contributed by atoms with Crippen LogP contribution in [0.5, 0.6) is 0 Å². The maximum Gasteiger partial charge on any atom is 0.406 e. The summed E-state index contributed by atoms with van der Waals surface area (Å²) in [6.07, 6.45) is -12.7. The fraction of sp³-hybridized carbons (Fsp3) is 0.522. The van der Waals surface area contributed by atoms with Crippen LogP contribution in [0.3, 0.4) is 0 Å². The van der Waals surface area contributed by atoms with Crippen LogP contribution in [0.15, 0.2) is 12.1 Å². The van der Waals surface area contributed by atoms with Crippen LogP contribution in [0.4, 0.5) is 30.7 Å². The molecule has 7 nitrogen and oxygen atoms in total. The zero-order chi connectivity index (χ0) is 30.7. The maximum atomic E-state index is 13.7. The van der Waals surface area contributed by atoms with Crippen molar-refractivity contribution in [1.29, 1.82) is 0 Å². The van der Waals surface area contributed by atoms with E-state index in [1.807, 2.05) is 0 Å². The summed E-state index contributed by atoms with van der Waals surface area (Å²) in [7, 11) is -3.30. The second kappa shape index (κ2) is 10.8. The van der Waals surface area contributed by atoms with E-state index in [0.29, 0.717) is 17.4 Å². The topological polar surface area (TPSA) is 96.4 Å². The number of hydrogen-bond donors (Lipinski definition) is 1. The zero-order valence-corrected chi connectivity index (χ0v) is 23.9. The minimum atomic E-state index is -5.81. The number of carbonyl (C=O) groups excluding carboxylic acids is 2. The Morgan fingerprint density at radius 2 is 1.59 bits per heavy atom. The van der Waals surface area contributed by atoms with E-state index in [1.54, 1.807) is 0 Å². The Bertz CT molecular complexity index is 1460. The molecule has 2 fully saturated rings. The van der Waals surface area contributed by atoms with Crippen LogP contribution < -0.4 is 5.32 Å². The van der Waals surface area contributed by atoms with Gasteiger partial charge in [0, 0.05) is 18.7 Å². The first-order chi connectivity index (χ1) is 18.8. The minimum Gasteiger partial charge on any atom is -0.345 e. The molecular formula is C23H20Cl2F7N3O4S2. The SMILES string of the molecule is CC(c1ccc(-c2sc(C(=O)NC3CS(=O)(=O)C3)nc2C(=O)N2CCC(F)CC2)c(Cl)c1Cl)(C(F)(F)F)C(F)(F)F. The van der Waals surface area contributed by atoms with Crippen molar-refractivity contribution in [2.45, 2.75) is 49.7 Å². The van der Waals surface area contributed by atoms with Crippen molar-refractivity contribution < 1.29 is 48.7 Å². The van der Waals surface area contributed by atoms with Crippen LogP contribution in [-0.2, 0) is 15.3 Å². The van der Waals surface area contributed by atoms with E-state index >= 15 is 0 Å². The minimum absolute atomic E-state index is 0.0125. The predicted molar refractivity (Wildman–Crippen MR) is 137 cm³/mol. The lowest BCUT2D eigenvalue weighted by atomic mass is 9.80. The monoisotopic (exact) mass is 669 g/mol. The lowest BCUT2D eigenvalue weighted by Gasteiger charge is -2.35. The fourth-order valence-corrected chi connectivity index (χ4v) is 7.37. The Morgan fingerprint density at radius 1 is 1.02 bits per heavy atom. The van der Waals surface area contributed by atoms with Crippen LogP contribution >= 0.6 is 34.5 Å². The third kappa shape index (κ3) is 5.89. The van der Waals surface area contributed by atoms with Crippen LogP contribution in [0, 0.1) is 0 Å². The molecule has 0 atom stereocenters. The molecule has 41 heavy (non-hydrogen) atoms. The summed E-state index contributed by atoms with van der Waals surface area (Å²) in [5.74, 6) is -2.28. The number of benzene rings is 1. The van der Waals surface area contributed by atoms with Crippen LogP contribution in [0.1, 0.15) is 45.6 Å². The zero-order valence-electron chi connectivity index (χ0n) is 20.8. The normalized spacial score (nSPS) is 18.7. The molecule has 1 aromatic carbocycles. The fourth-order valence-electron chi connectivity index (χ4n) is 4.42.